The van der Waals surface area contributed by atoms with Gasteiger partial charge in [-0.1, -0.05) is 0 Å². The Morgan fingerprint density at radius 1 is 1.36 bits per heavy atom. The molecule has 0 saturated carbocycles. The van der Waals surface area contributed by atoms with E-state index in [1.54, 1.807) is 16.9 Å². The van der Waals surface area contributed by atoms with Crippen molar-refractivity contribution in [2.75, 3.05) is 25.5 Å². The van der Waals surface area contributed by atoms with Crippen LogP contribution >= 0.6 is 0 Å². The van der Waals surface area contributed by atoms with Crippen molar-refractivity contribution in [1.29, 1.82) is 0 Å². The summed E-state index contributed by atoms with van der Waals surface area (Å²) >= 11 is 0. The first-order valence-electron chi connectivity index (χ1n) is 4.32. The van der Waals surface area contributed by atoms with Crippen molar-refractivity contribution in [3.63, 3.8) is 0 Å². The quantitative estimate of drug-likeness (QED) is 0.616. The van der Waals surface area contributed by atoms with Gasteiger partial charge in [-0.15, -0.1) is 5.10 Å². The number of likely N-dealkylation sites (N-methyl/N-ethyl adjacent to an activating group) is 1. The summed E-state index contributed by atoms with van der Waals surface area (Å²) in [5.41, 5.74) is 0.638. The maximum absolute atomic E-state index is 4.02. The Morgan fingerprint density at radius 3 is 3.14 bits per heavy atom. The van der Waals surface area contributed by atoms with E-state index in [9.17, 15) is 0 Å². The zero-order chi connectivity index (χ0) is 9.80. The molecule has 0 aliphatic rings. The normalized spacial score (nSPS) is 10.6. The minimum Gasteiger partial charge on any atom is -0.367 e. The van der Waals surface area contributed by atoms with Crippen molar-refractivity contribution in [3.8, 4) is 0 Å². The van der Waals surface area contributed by atoms with E-state index in [1.807, 2.05) is 7.05 Å². The van der Waals surface area contributed by atoms with Crippen molar-refractivity contribution < 1.29 is 0 Å². The number of rotatable bonds is 4. The minimum absolute atomic E-state index is 0.638. The lowest BCUT2D eigenvalue weighted by molar-refractivity contribution is 0.795. The van der Waals surface area contributed by atoms with Gasteiger partial charge in [-0.05, 0) is 17.5 Å². The van der Waals surface area contributed by atoms with Crippen LogP contribution in [-0.4, -0.2) is 45.2 Å². The molecule has 14 heavy (non-hydrogen) atoms. The van der Waals surface area contributed by atoms with Crippen LogP contribution in [0.2, 0.25) is 0 Å². The summed E-state index contributed by atoms with van der Waals surface area (Å²) in [6, 6.07) is 0. The van der Waals surface area contributed by atoms with Gasteiger partial charge in [-0.2, -0.15) is 4.52 Å². The van der Waals surface area contributed by atoms with Crippen LogP contribution < -0.4 is 10.6 Å². The molecule has 0 fully saturated rings. The van der Waals surface area contributed by atoms with Gasteiger partial charge < -0.3 is 10.6 Å². The largest absolute Gasteiger partial charge is 0.367 e. The number of nitrogens with one attached hydrogen (secondary N) is 2. The lowest BCUT2D eigenvalue weighted by atomic mass is 10.5. The van der Waals surface area contributed by atoms with Crippen LogP contribution in [0.15, 0.2) is 12.4 Å². The summed E-state index contributed by atoms with van der Waals surface area (Å²) in [7, 11) is 1.90. The molecule has 2 rings (SSSR count). The van der Waals surface area contributed by atoms with Crippen molar-refractivity contribution in [2.24, 2.45) is 0 Å². The van der Waals surface area contributed by atoms with Crippen LogP contribution in [0.4, 0.5) is 5.82 Å². The van der Waals surface area contributed by atoms with Crippen LogP contribution in [0, 0.1) is 0 Å². The Bertz CT molecular complexity index is 409. The van der Waals surface area contributed by atoms with Gasteiger partial charge in [-0.3, -0.25) is 4.98 Å². The van der Waals surface area contributed by atoms with Crippen molar-refractivity contribution >= 4 is 11.5 Å². The van der Waals surface area contributed by atoms with Crippen LogP contribution in [0.3, 0.4) is 0 Å². The summed E-state index contributed by atoms with van der Waals surface area (Å²) in [5.74, 6) is 0.794. The average molecular weight is 193 g/mol. The van der Waals surface area contributed by atoms with Crippen LogP contribution in [0.1, 0.15) is 0 Å². The molecule has 0 aliphatic heterocycles. The van der Waals surface area contributed by atoms with Gasteiger partial charge in [0.15, 0.2) is 5.65 Å². The number of hydrogen-bond donors (Lipinski definition) is 2. The molecule has 0 radical (unpaired) electrons. The van der Waals surface area contributed by atoms with E-state index < -0.39 is 0 Å². The monoisotopic (exact) mass is 193 g/mol. The topological polar surface area (TPSA) is 80.0 Å². The molecule has 2 N–H and O–H groups in total. The minimum atomic E-state index is 0.638. The molecule has 0 bridgehead atoms. The van der Waals surface area contributed by atoms with E-state index in [2.05, 4.69) is 31.1 Å². The molecule has 0 aromatic carbocycles. The number of nitrogens with zero attached hydrogens (tertiary/aromatic N) is 5. The molecule has 0 atom stereocenters. The Kier molecular flexibility index (Phi) is 2.50. The average Bonchev–Trinajstić information content (AvgIpc) is 2.67. The molecule has 0 spiro atoms. The second kappa shape index (κ2) is 3.97. The standard InChI is InChI=1S/C7H11N7/c1-8-2-3-10-6-4-9-5-7-11-12-13-14(6)7/h4-5,8,10H,2-3H2,1H3. The smallest absolute Gasteiger partial charge is 0.199 e. The fourth-order valence-electron chi connectivity index (χ4n) is 1.11. The molecule has 0 amide bonds. The number of fused-ring (bicyclic) bond motifs is 1. The Morgan fingerprint density at radius 2 is 2.29 bits per heavy atom. The third kappa shape index (κ3) is 1.62. The lowest BCUT2D eigenvalue weighted by Gasteiger charge is -2.05. The van der Waals surface area contributed by atoms with Crippen molar-refractivity contribution in [3.05, 3.63) is 12.4 Å². The number of aromatic nitrogens is 5. The van der Waals surface area contributed by atoms with Gasteiger partial charge in [-0.25, -0.2) is 0 Å². The summed E-state index contributed by atoms with van der Waals surface area (Å²) in [6.45, 7) is 1.68. The highest BCUT2D eigenvalue weighted by molar-refractivity contribution is 5.43. The lowest BCUT2D eigenvalue weighted by Crippen LogP contribution is -2.19. The fourth-order valence-corrected chi connectivity index (χ4v) is 1.11. The van der Waals surface area contributed by atoms with E-state index in [4.69, 9.17) is 0 Å². The van der Waals surface area contributed by atoms with Gasteiger partial charge in [0.05, 0.1) is 12.4 Å². The van der Waals surface area contributed by atoms with Gasteiger partial charge in [0.1, 0.15) is 5.82 Å². The Balaban J connectivity index is 2.19. The molecular weight excluding hydrogens is 182 g/mol. The molecule has 0 unspecified atom stereocenters. The first kappa shape index (κ1) is 8.82. The molecular formula is C7H11N7. The molecule has 2 aromatic rings. The molecule has 7 heteroatoms. The van der Waals surface area contributed by atoms with E-state index >= 15 is 0 Å². The van der Waals surface area contributed by atoms with Crippen molar-refractivity contribution in [1.82, 2.24) is 30.3 Å². The van der Waals surface area contributed by atoms with E-state index in [1.165, 1.54) is 0 Å². The van der Waals surface area contributed by atoms with Crippen LogP contribution in [-0.2, 0) is 0 Å². The summed E-state index contributed by atoms with van der Waals surface area (Å²) < 4.78 is 1.61. The molecule has 7 nitrogen and oxygen atoms in total. The number of anilines is 1. The molecule has 0 saturated heterocycles. The predicted octanol–water partition coefficient (Wildman–Crippen LogP) is -0.849. The summed E-state index contributed by atoms with van der Waals surface area (Å²) in [6.07, 6.45) is 3.31. The van der Waals surface area contributed by atoms with Gasteiger partial charge >= 0.3 is 0 Å². The van der Waals surface area contributed by atoms with E-state index in [0.717, 1.165) is 18.9 Å². The van der Waals surface area contributed by atoms with Gasteiger partial charge in [0.2, 0.25) is 0 Å². The zero-order valence-electron chi connectivity index (χ0n) is 7.80. The highest BCUT2D eigenvalue weighted by Gasteiger charge is 2.01. The first-order valence-corrected chi connectivity index (χ1v) is 4.32. The summed E-state index contributed by atoms with van der Waals surface area (Å²) in [4.78, 5) is 4.02. The van der Waals surface area contributed by atoms with Gasteiger partial charge in [0.25, 0.3) is 0 Å². The number of hydrogen-bond acceptors (Lipinski definition) is 6. The fraction of sp³-hybridized carbons (Fsp3) is 0.429. The predicted molar refractivity (Wildman–Crippen MR) is 51.0 cm³/mol. The highest BCUT2D eigenvalue weighted by atomic mass is 15.5. The van der Waals surface area contributed by atoms with E-state index in [0.29, 0.717) is 5.65 Å². The molecule has 2 aromatic heterocycles. The molecule has 2 heterocycles. The van der Waals surface area contributed by atoms with Crippen LogP contribution in [0.5, 0.6) is 0 Å². The Labute approximate surface area is 80.5 Å². The van der Waals surface area contributed by atoms with Crippen molar-refractivity contribution in [2.45, 2.75) is 0 Å². The second-order valence-corrected chi connectivity index (χ2v) is 2.77. The number of tetrazole rings is 1. The van der Waals surface area contributed by atoms with Crippen LogP contribution in [0.25, 0.3) is 5.65 Å². The third-order valence-electron chi connectivity index (χ3n) is 1.79. The third-order valence-corrected chi connectivity index (χ3v) is 1.79. The second-order valence-electron chi connectivity index (χ2n) is 2.77. The maximum Gasteiger partial charge on any atom is 0.199 e. The Hall–Kier alpha value is -1.76. The zero-order valence-corrected chi connectivity index (χ0v) is 7.80. The maximum atomic E-state index is 4.02. The molecule has 74 valence electrons. The SMILES string of the molecule is CNCCNc1cncc2nnnn12. The summed E-state index contributed by atoms with van der Waals surface area (Å²) in [5, 5.41) is 17.4. The first-order chi connectivity index (χ1) is 6.92. The van der Waals surface area contributed by atoms with E-state index in [-0.39, 0.29) is 0 Å². The van der Waals surface area contributed by atoms with Gasteiger partial charge in [0, 0.05) is 13.1 Å². The highest BCUT2D eigenvalue weighted by Crippen LogP contribution is 2.04. The molecule has 0 aliphatic carbocycles.